The fraction of sp³-hybridized carbons (Fsp3) is 0.515. The van der Waals surface area contributed by atoms with Crippen LogP contribution in [0.5, 0.6) is 0 Å². The topological polar surface area (TPSA) is 86.5 Å². The van der Waals surface area contributed by atoms with Gasteiger partial charge in [0.1, 0.15) is 18.4 Å². The van der Waals surface area contributed by atoms with E-state index in [1.807, 2.05) is 24.3 Å². The molecule has 9 heteroatoms. The fourth-order valence-electron chi connectivity index (χ4n) is 7.61. The van der Waals surface area contributed by atoms with Crippen molar-refractivity contribution in [3.63, 3.8) is 0 Å². The van der Waals surface area contributed by atoms with E-state index in [4.69, 9.17) is 9.47 Å². The lowest BCUT2D eigenvalue weighted by molar-refractivity contribution is -0.166. The van der Waals surface area contributed by atoms with E-state index in [-0.39, 0.29) is 36.1 Å². The van der Waals surface area contributed by atoms with Crippen LogP contribution in [0.2, 0.25) is 0 Å². The number of nitrogens with zero attached hydrogens (tertiary/aromatic N) is 4. The first-order chi connectivity index (χ1) is 20.1. The Bertz CT molecular complexity index is 1500. The van der Waals surface area contributed by atoms with Crippen molar-refractivity contribution in [2.24, 2.45) is 11.3 Å². The molecular weight excluding hydrogens is 596 g/mol. The van der Waals surface area contributed by atoms with E-state index in [9.17, 15) is 9.59 Å². The zero-order valence-corrected chi connectivity index (χ0v) is 26.4. The van der Waals surface area contributed by atoms with Gasteiger partial charge in [-0.3, -0.25) is 9.69 Å². The second kappa shape index (κ2) is 11.1. The lowest BCUT2D eigenvalue weighted by atomic mass is 9.49. The Morgan fingerprint density at radius 1 is 1.19 bits per heavy atom. The molecule has 3 aliphatic rings. The Hall–Kier alpha value is -3.20. The van der Waals surface area contributed by atoms with Gasteiger partial charge in [0.05, 0.1) is 30.4 Å². The molecule has 8 nitrogen and oxygen atoms in total. The lowest BCUT2D eigenvalue weighted by Crippen LogP contribution is -2.52. The summed E-state index contributed by atoms with van der Waals surface area (Å²) in [6.45, 7) is 9.78. The molecule has 1 saturated heterocycles. The van der Waals surface area contributed by atoms with E-state index < -0.39 is 5.41 Å². The number of halogens is 1. The number of rotatable bonds is 7. The average Bonchev–Trinajstić information content (AvgIpc) is 3.57. The number of cyclic esters (lactones) is 1. The molecule has 0 radical (unpaired) electrons. The van der Waals surface area contributed by atoms with Crippen molar-refractivity contribution in [3.8, 4) is 0 Å². The highest BCUT2D eigenvalue weighted by Gasteiger charge is 2.55. The lowest BCUT2D eigenvalue weighted by Gasteiger charge is -2.54. The van der Waals surface area contributed by atoms with Crippen LogP contribution in [-0.2, 0) is 39.3 Å². The number of esters is 1. The standard InChI is InChI=1S/C33H39BrN4O4/c1-21(2)22-10-12-26-23(16-22)11-13-29-32(26,3)14-7-15-33(29,4)30(39)41-20-24-17-37(36-35-24)18-25-19-38(31(40)42-25)28-9-6-5-8-27(28)34/h5-6,8-10,12,16-17,21,25,29H,7,11,13-15,18-20H2,1-4H3/t25?,29-,32-,33-/m1/s1. The maximum absolute atomic E-state index is 13.7. The van der Waals surface area contributed by atoms with E-state index in [2.05, 4.69) is 72.1 Å². The summed E-state index contributed by atoms with van der Waals surface area (Å²) in [6.07, 6.45) is 5.91. The van der Waals surface area contributed by atoms with Crippen LogP contribution < -0.4 is 4.90 Å². The van der Waals surface area contributed by atoms with Crippen LogP contribution in [0.15, 0.2) is 53.1 Å². The highest BCUT2D eigenvalue weighted by atomic mass is 79.9. The minimum Gasteiger partial charge on any atom is -0.459 e. The molecule has 42 heavy (non-hydrogen) atoms. The Kier molecular flexibility index (Phi) is 7.66. The van der Waals surface area contributed by atoms with Crippen molar-refractivity contribution >= 4 is 33.7 Å². The highest BCUT2D eigenvalue weighted by molar-refractivity contribution is 9.10. The van der Waals surface area contributed by atoms with Crippen molar-refractivity contribution in [2.75, 3.05) is 11.4 Å². The number of hydrogen-bond acceptors (Lipinski definition) is 6. The molecule has 222 valence electrons. The number of ether oxygens (including phenoxy) is 2. The summed E-state index contributed by atoms with van der Waals surface area (Å²) in [7, 11) is 0. The normalized spacial score (nSPS) is 27.0. The second-order valence-electron chi connectivity index (χ2n) is 12.9. The van der Waals surface area contributed by atoms with E-state index in [1.54, 1.807) is 15.8 Å². The monoisotopic (exact) mass is 634 g/mol. The van der Waals surface area contributed by atoms with Crippen LogP contribution >= 0.6 is 15.9 Å². The zero-order valence-electron chi connectivity index (χ0n) is 24.8. The number of anilines is 1. The summed E-state index contributed by atoms with van der Waals surface area (Å²) in [5.74, 6) is 0.581. The maximum atomic E-state index is 13.7. The summed E-state index contributed by atoms with van der Waals surface area (Å²) in [6, 6.07) is 14.5. The summed E-state index contributed by atoms with van der Waals surface area (Å²) < 4.78 is 14.0. The SMILES string of the molecule is CC(C)c1ccc2c(c1)CC[C@H]1[C@](C)(C(=O)OCc3cn(CC4CN(c5ccccc5Br)C(=O)O4)nn3)CCC[C@]21C. The third-order valence-electron chi connectivity index (χ3n) is 9.86. The number of hydrogen-bond donors (Lipinski definition) is 0. The molecular formula is C33H39BrN4O4. The van der Waals surface area contributed by atoms with Gasteiger partial charge in [-0.15, -0.1) is 5.10 Å². The van der Waals surface area contributed by atoms with Crippen molar-refractivity contribution in [3.05, 3.63) is 75.5 Å². The van der Waals surface area contributed by atoms with Crippen LogP contribution in [0, 0.1) is 11.3 Å². The van der Waals surface area contributed by atoms with Crippen LogP contribution in [-0.4, -0.2) is 39.7 Å². The van der Waals surface area contributed by atoms with E-state index in [1.165, 1.54) is 16.7 Å². The van der Waals surface area contributed by atoms with Gasteiger partial charge in [0.15, 0.2) is 0 Å². The average molecular weight is 636 g/mol. The molecule has 2 aliphatic carbocycles. The van der Waals surface area contributed by atoms with Gasteiger partial charge >= 0.3 is 12.1 Å². The van der Waals surface area contributed by atoms with Crippen LogP contribution in [0.25, 0.3) is 0 Å². The molecule has 1 aromatic heterocycles. The molecule has 0 bridgehead atoms. The minimum absolute atomic E-state index is 0.0415. The van der Waals surface area contributed by atoms with Gasteiger partial charge in [0.2, 0.25) is 0 Å². The number of fused-ring (bicyclic) bond motifs is 3. The van der Waals surface area contributed by atoms with Gasteiger partial charge in [-0.2, -0.15) is 0 Å². The number of aryl methyl sites for hydroxylation is 1. The van der Waals surface area contributed by atoms with Crippen LogP contribution in [0.1, 0.15) is 81.7 Å². The van der Waals surface area contributed by atoms with Gasteiger partial charge < -0.3 is 9.47 Å². The van der Waals surface area contributed by atoms with Crippen LogP contribution in [0.3, 0.4) is 0 Å². The number of para-hydroxylation sites is 1. The molecule has 0 spiro atoms. The number of benzene rings is 2. The third-order valence-corrected chi connectivity index (χ3v) is 10.5. The number of carbonyl (C=O) groups is 2. The first-order valence-corrected chi connectivity index (χ1v) is 15.8. The van der Waals surface area contributed by atoms with Crippen LogP contribution in [0.4, 0.5) is 10.5 Å². The summed E-state index contributed by atoms with van der Waals surface area (Å²) in [5, 5.41) is 8.43. The smallest absolute Gasteiger partial charge is 0.414 e. The van der Waals surface area contributed by atoms with Gasteiger partial charge in [0, 0.05) is 4.47 Å². The van der Waals surface area contributed by atoms with Gasteiger partial charge in [0.25, 0.3) is 0 Å². The largest absolute Gasteiger partial charge is 0.459 e. The summed E-state index contributed by atoms with van der Waals surface area (Å²) in [4.78, 5) is 27.8. The Labute approximate surface area is 255 Å². The molecule has 2 aromatic carbocycles. The summed E-state index contributed by atoms with van der Waals surface area (Å²) >= 11 is 3.50. The molecule has 4 atom stereocenters. The first-order valence-electron chi connectivity index (χ1n) is 15.0. The number of carbonyl (C=O) groups excluding carboxylic acids is 2. The second-order valence-corrected chi connectivity index (χ2v) is 13.8. The molecule has 1 aliphatic heterocycles. The zero-order chi connectivity index (χ0) is 29.6. The van der Waals surface area contributed by atoms with Crippen molar-refractivity contribution in [2.45, 2.75) is 90.4 Å². The predicted molar refractivity (Wildman–Crippen MR) is 163 cm³/mol. The van der Waals surface area contributed by atoms with Gasteiger partial charge in [-0.1, -0.05) is 62.7 Å². The molecule has 2 fully saturated rings. The Morgan fingerprint density at radius 3 is 2.79 bits per heavy atom. The molecule has 6 rings (SSSR count). The first kappa shape index (κ1) is 28.9. The van der Waals surface area contributed by atoms with E-state index >= 15 is 0 Å². The highest BCUT2D eigenvalue weighted by Crippen LogP contribution is 2.57. The molecule has 3 aromatic rings. The minimum atomic E-state index is -0.551. The Morgan fingerprint density at radius 2 is 2.00 bits per heavy atom. The number of amides is 1. The van der Waals surface area contributed by atoms with Gasteiger partial charge in [-0.05, 0) is 94.6 Å². The van der Waals surface area contributed by atoms with E-state index in [0.29, 0.717) is 24.7 Å². The predicted octanol–water partition coefficient (Wildman–Crippen LogP) is 6.94. The summed E-state index contributed by atoms with van der Waals surface area (Å²) in [5.41, 5.74) is 5.00. The quantitative estimate of drug-likeness (QED) is 0.262. The molecule has 0 N–H and O–H groups in total. The maximum Gasteiger partial charge on any atom is 0.414 e. The molecule has 1 amide bonds. The van der Waals surface area contributed by atoms with Crippen molar-refractivity contribution in [1.82, 2.24) is 15.0 Å². The fourth-order valence-corrected chi connectivity index (χ4v) is 8.10. The Balaban J connectivity index is 1.09. The third kappa shape index (κ3) is 5.14. The van der Waals surface area contributed by atoms with Crippen molar-refractivity contribution in [1.29, 1.82) is 0 Å². The van der Waals surface area contributed by atoms with E-state index in [0.717, 1.165) is 42.3 Å². The molecule has 1 unspecified atom stereocenters. The molecule has 1 saturated carbocycles. The molecule has 2 heterocycles. The van der Waals surface area contributed by atoms with Crippen molar-refractivity contribution < 1.29 is 19.1 Å². The number of aromatic nitrogens is 3. The van der Waals surface area contributed by atoms with Gasteiger partial charge in [-0.25, -0.2) is 9.48 Å².